The van der Waals surface area contributed by atoms with Crippen LogP contribution in [0.2, 0.25) is 0 Å². The SMILES string of the molecule is C[C@H](NC(=O)CCC(=O)O)C(=O)N[C@@H](C)C(=O)N1CCC[C@H]1C(=O)N[C@@H](CCC(=O)O)C(=O)Nc1ccc([N+](=O)[O-])cc1. The number of carboxylic acid groups (broad SMARTS) is 2. The predicted molar refractivity (Wildman–Crippen MR) is 147 cm³/mol. The summed E-state index contributed by atoms with van der Waals surface area (Å²) in [5.74, 6) is -5.83. The molecule has 0 saturated carbocycles. The van der Waals surface area contributed by atoms with Crippen molar-refractivity contribution < 1.29 is 48.7 Å². The summed E-state index contributed by atoms with van der Waals surface area (Å²) in [6.07, 6.45) is -0.795. The molecule has 17 heteroatoms. The van der Waals surface area contributed by atoms with Crippen LogP contribution in [0.4, 0.5) is 11.4 Å². The minimum absolute atomic E-state index is 0.174. The molecular formula is C26H34N6O11. The van der Waals surface area contributed by atoms with Gasteiger partial charge in [0.25, 0.3) is 5.69 Å². The maximum atomic E-state index is 13.2. The van der Waals surface area contributed by atoms with Crippen LogP contribution in [0.3, 0.4) is 0 Å². The Hall–Kier alpha value is -5.09. The number of anilines is 1. The molecule has 1 aliphatic rings. The molecular weight excluding hydrogens is 572 g/mol. The van der Waals surface area contributed by atoms with Crippen molar-refractivity contribution in [3.05, 3.63) is 34.4 Å². The summed E-state index contributed by atoms with van der Waals surface area (Å²) >= 11 is 0. The first-order valence-electron chi connectivity index (χ1n) is 13.4. The van der Waals surface area contributed by atoms with Crippen molar-refractivity contribution in [1.82, 2.24) is 20.9 Å². The number of nitro groups is 1. The lowest BCUT2D eigenvalue weighted by atomic mass is 10.1. The van der Waals surface area contributed by atoms with Gasteiger partial charge in [0.1, 0.15) is 24.2 Å². The molecule has 17 nitrogen and oxygen atoms in total. The van der Waals surface area contributed by atoms with Gasteiger partial charge < -0.3 is 36.4 Å². The van der Waals surface area contributed by atoms with Crippen molar-refractivity contribution in [1.29, 1.82) is 0 Å². The molecule has 4 atom stereocenters. The van der Waals surface area contributed by atoms with Crippen molar-refractivity contribution in [3.63, 3.8) is 0 Å². The average Bonchev–Trinajstić information content (AvgIpc) is 3.43. The molecule has 1 aromatic carbocycles. The first-order chi connectivity index (χ1) is 20.2. The van der Waals surface area contributed by atoms with Crippen molar-refractivity contribution in [3.8, 4) is 0 Å². The van der Waals surface area contributed by atoms with Gasteiger partial charge in [-0.2, -0.15) is 0 Å². The fourth-order valence-electron chi connectivity index (χ4n) is 4.25. The van der Waals surface area contributed by atoms with E-state index >= 15 is 0 Å². The number of hydrogen-bond donors (Lipinski definition) is 6. The fraction of sp³-hybridized carbons (Fsp3) is 0.500. The number of rotatable bonds is 15. The van der Waals surface area contributed by atoms with Gasteiger partial charge in [0.2, 0.25) is 29.5 Å². The maximum absolute atomic E-state index is 13.2. The van der Waals surface area contributed by atoms with E-state index in [1.165, 1.54) is 30.9 Å². The summed E-state index contributed by atoms with van der Waals surface area (Å²) in [6.45, 7) is 2.92. The van der Waals surface area contributed by atoms with E-state index in [1.54, 1.807) is 0 Å². The number of non-ortho nitro benzene ring substituents is 1. The van der Waals surface area contributed by atoms with Crippen LogP contribution >= 0.6 is 0 Å². The molecule has 1 aliphatic heterocycles. The summed E-state index contributed by atoms with van der Waals surface area (Å²) in [5.41, 5.74) is -0.0280. The summed E-state index contributed by atoms with van der Waals surface area (Å²) in [5, 5.41) is 38.4. The Balaban J connectivity index is 2.03. The molecule has 1 heterocycles. The van der Waals surface area contributed by atoms with E-state index in [9.17, 15) is 43.7 Å². The Labute approximate surface area is 245 Å². The Morgan fingerprint density at radius 3 is 2.12 bits per heavy atom. The van der Waals surface area contributed by atoms with Gasteiger partial charge in [-0.05, 0) is 45.2 Å². The van der Waals surface area contributed by atoms with Crippen molar-refractivity contribution in [2.24, 2.45) is 0 Å². The maximum Gasteiger partial charge on any atom is 0.303 e. The van der Waals surface area contributed by atoms with E-state index in [2.05, 4.69) is 21.3 Å². The highest BCUT2D eigenvalue weighted by atomic mass is 16.6. The van der Waals surface area contributed by atoms with Crippen LogP contribution in [0.25, 0.3) is 0 Å². The molecule has 5 amide bonds. The number of nitro benzene ring substituents is 1. The largest absolute Gasteiger partial charge is 0.481 e. The highest BCUT2D eigenvalue weighted by Crippen LogP contribution is 2.20. The number of hydrogen-bond acceptors (Lipinski definition) is 9. The highest BCUT2D eigenvalue weighted by Gasteiger charge is 2.38. The molecule has 234 valence electrons. The smallest absolute Gasteiger partial charge is 0.303 e. The third kappa shape index (κ3) is 10.7. The molecule has 2 rings (SSSR count). The summed E-state index contributed by atoms with van der Waals surface area (Å²) < 4.78 is 0. The van der Waals surface area contributed by atoms with Crippen molar-refractivity contribution in [2.45, 2.75) is 76.5 Å². The van der Waals surface area contributed by atoms with Gasteiger partial charge in [-0.25, -0.2) is 0 Å². The average molecular weight is 607 g/mol. The monoisotopic (exact) mass is 606 g/mol. The van der Waals surface area contributed by atoms with Gasteiger partial charge >= 0.3 is 11.9 Å². The van der Waals surface area contributed by atoms with E-state index in [0.29, 0.717) is 6.42 Å². The van der Waals surface area contributed by atoms with Crippen LogP contribution in [0.5, 0.6) is 0 Å². The Morgan fingerprint density at radius 2 is 1.53 bits per heavy atom. The lowest BCUT2D eigenvalue weighted by molar-refractivity contribution is -0.384. The topological polar surface area (TPSA) is 254 Å². The van der Waals surface area contributed by atoms with Crippen molar-refractivity contribution in [2.75, 3.05) is 11.9 Å². The van der Waals surface area contributed by atoms with E-state index < -0.39 is 83.4 Å². The van der Waals surface area contributed by atoms with Crippen LogP contribution in [0, 0.1) is 10.1 Å². The second-order valence-electron chi connectivity index (χ2n) is 9.89. The van der Waals surface area contributed by atoms with Gasteiger partial charge in [0.15, 0.2) is 0 Å². The number of nitrogens with one attached hydrogen (secondary N) is 4. The minimum atomic E-state index is -1.31. The van der Waals surface area contributed by atoms with E-state index in [1.807, 2.05) is 0 Å². The second-order valence-corrected chi connectivity index (χ2v) is 9.89. The normalized spacial score (nSPS) is 16.2. The fourth-order valence-corrected chi connectivity index (χ4v) is 4.25. The van der Waals surface area contributed by atoms with Crippen LogP contribution < -0.4 is 21.3 Å². The van der Waals surface area contributed by atoms with Gasteiger partial charge in [-0.3, -0.25) is 43.7 Å². The van der Waals surface area contributed by atoms with E-state index in [4.69, 9.17) is 10.2 Å². The third-order valence-electron chi connectivity index (χ3n) is 6.53. The third-order valence-corrected chi connectivity index (χ3v) is 6.53. The summed E-state index contributed by atoms with van der Waals surface area (Å²) in [4.78, 5) is 96.8. The number of nitrogens with zero attached hydrogens (tertiary/aromatic N) is 2. The zero-order valence-electron chi connectivity index (χ0n) is 23.5. The van der Waals surface area contributed by atoms with Crippen LogP contribution in [-0.2, 0) is 33.6 Å². The molecule has 1 saturated heterocycles. The predicted octanol–water partition coefficient (Wildman–Crippen LogP) is -0.252. The van der Waals surface area contributed by atoms with Crippen LogP contribution in [-0.4, -0.2) is 92.2 Å². The molecule has 1 fully saturated rings. The molecule has 43 heavy (non-hydrogen) atoms. The number of aliphatic carboxylic acids is 2. The zero-order chi connectivity index (χ0) is 32.3. The molecule has 0 bridgehead atoms. The number of carbonyl (C=O) groups excluding carboxylic acids is 5. The van der Waals surface area contributed by atoms with Crippen LogP contribution in [0.1, 0.15) is 52.4 Å². The standard InChI is InChI=1S/C26H34N6O11/c1-14(27-20(33)10-12-22(36)37)23(38)28-15(2)26(41)31-13-3-4-19(31)25(40)30-18(9-11-21(34)35)24(39)29-16-5-7-17(8-6-16)32(42)43/h5-8,14-15,18-19H,3-4,9-13H2,1-2H3,(H,27,33)(H,28,38)(H,29,39)(H,30,40)(H,34,35)(H,36,37)/t14-,15-,18-,19-/m0/s1. The first-order valence-corrected chi connectivity index (χ1v) is 13.4. The zero-order valence-corrected chi connectivity index (χ0v) is 23.5. The molecule has 6 N–H and O–H groups in total. The van der Waals surface area contributed by atoms with Gasteiger partial charge in [-0.1, -0.05) is 0 Å². The number of carbonyl (C=O) groups is 7. The molecule has 0 unspecified atom stereocenters. The lowest BCUT2D eigenvalue weighted by Crippen LogP contribution is -2.56. The molecule has 0 radical (unpaired) electrons. The molecule has 0 spiro atoms. The number of benzene rings is 1. The Morgan fingerprint density at radius 1 is 0.907 bits per heavy atom. The summed E-state index contributed by atoms with van der Waals surface area (Å²) in [7, 11) is 0. The van der Waals surface area contributed by atoms with Gasteiger partial charge in [0, 0.05) is 37.2 Å². The number of amides is 5. The lowest BCUT2D eigenvalue weighted by Gasteiger charge is -2.29. The van der Waals surface area contributed by atoms with E-state index in [0.717, 1.165) is 12.1 Å². The highest BCUT2D eigenvalue weighted by molar-refractivity contribution is 5.99. The molecule has 0 aliphatic carbocycles. The van der Waals surface area contributed by atoms with Crippen LogP contribution in [0.15, 0.2) is 24.3 Å². The van der Waals surface area contributed by atoms with E-state index in [-0.39, 0.29) is 37.2 Å². The quantitative estimate of drug-likeness (QED) is 0.112. The number of likely N-dealkylation sites (tertiary alicyclic amines) is 1. The van der Waals surface area contributed by atoms with Gasteiger partial charge in [-0.15, -0.1) is 0 Å². The van der Waals surface area contributed by atoms with Crippen molar-refractivity contribution >= 4 is 52.8 Å². The first kappa shape index (κ1) is 34.1. The summed E-state index contributed by atoms with van der Waals surface area (Å²) in [6, 6.07) is 0.389. The molecule has 0 aromatic heterocycles. The van der Waals surface area contributed by atoms with Gasteiger partial charge in [0.05, 0.1) is 11.3 Å². The Bertz CT molecular complexity index is 1250. The second kappa shape index (κ2) is 15.8. The number of carboxylic acids is 2. The Kier molecular flexibility index (Phi) is 12.5. The minimum Gasteiger partial charge on any atom is -0.481 e. The molecule has 1 aromatic rings.